The summed E-state index contributed by atoms with van der Waals surface area (Å²) in [5.41, 5.74) is 0.0818. The molecule has 1 aliphatic heterocycles. The lowest BCUT2D eigenvalue weighted by Crippen LogP contribution is -2.52. The van der Waals surface area contributed by atoms with E-state index < -0.39 is 29.9 Å². The molecule has 1 aromatic heterocycles. The second-order valence-corrected chi connectivity index (χ2v) is 7.97. The highest BCUT2D eigenvalue weighted by Gasteiger charge is 2.32. The van der Waals surface area contributed by atoms with Crippen LogP contribution in [-0.4, -0.2) is 53.4 Å². The maximum Gasteiger partial charge on any atom is 0.416 e. The summed E-state index contributed by atoms with van der Waals surface area (Å²) in [5.74, 6) is -0.146. The third kappa shape index (κ3) is 7.70. The first-order valence-electron chi connectivity index (χ1n) is 10.9. The van der Waals surface area contributed by atoms with E-state index in [-0.39, 0.29) is 30.7 Å². The Morgan fingerprint density at radius 3 is 2.53 bits per heavy atom. The number of halogens is 3. The van der Waals surface area contributed by atoms with Crippen molar-refractivity contribution in [2.45, 2.75) is 50.1 Å². The maximum absolute atomic E-state index is 12.7. The van der Waals surface area contributed by atoms with Gasteiger partial charge < -0.3 is 25.8 Å². The average Bonchev–Trinajstić information content (AvgIpc) is 2.80. The molecule has 3 atom stereocenters. The molecule has 11 heteroatoms. The summed E-state index contributed by atoms with van der Waals surface area (Å²) in [6, 6.07) is 8.40. The Hall–Kier alpha value is -3.18. The zero-order valence-electron chi connectivity index (χ0n) is 18.3. The maximum atomic E-state index is 12.7. The molecule has 3 amide bonds. The number of aliphatic hydroxyl groups excluding tert-OH is 1. The Bertz CT molecular complexity index is 941. The van der Waals surface area contributed by atoms with E-state index >= 15 is 0 Å². The van der Waals surface area contributed by atoms with Gasteiger partial charge >= 0.3 is 12.2 Å². The van der Waals surface area contributed by atoms with Gasteiger partial charge in [-0.2, -0.15) is 13.2 Å². The zero-order valence-corrected chi connectivity index (χ0v) is 18.3. The van der Waals surface area contributed by atoms with Crippen LogP contribution in [0.15, 0.2) is 48.7 Å². The quantitative estimate of drug-likeness (QED) is 0.464. The van der Waals surface area contributed by atoms with Crippen LogP contribution >= 0.6 is 0 Å². The van der Waals surface area contributed by atoms with Crippen LogP contribution in [0.5, 0.6) is 0 Å². The molecule has 1 aromatic carbocycles. The number of anilines is 1. The number of hydrogen-bond donors (Lipinski definition) is 4. The van der Waals surface area contributed by atoms with Crippen molar-refractivity contribution < 1.29 is 32.6 Å². The van der Waals surface area contributed by atoms with Gasteiger partial charge in [0.25, 0.3) is 0 Å². The summed E-state index contributed by atoms with van der Waals surface area (Å²) in [6.45, 7) is 0.0920. The first-order chi connectivity index (χ1) is 16.2. The predicted octanol–water partition coefficient (Wildman–Crippen LogP) is 2.88. The van der Waals surface area contributed by atoms with Gasteiger partial charge in [0, 0.05) is 24.1 Å². The number of hydrogen-bond acceptors (Lipinski definition) is 5. The molecule has 0 spiro atoms. The van der Waals surface area contributed by atoms with Crippen LogP contribution in [0.1, 0.15) is 30.5 Å². The summed E-state index contributed by atoms with van der Waals surface area (Å²) in [6.07, 6.45) is -1.77. The number of nitrogens with one attached hydrogen (secondary N) is 3. The van der Waals surface area contributed by atoms with Crippen LogP contribution < -0.4 is 16.0 Å². The number of rotatable bonds is 8. The number of ether oxygens (including phenoxy) is 1. The number of aliphatic hydroxyl groups is 1. The van der Waals surface area contributed by atoms with Crippen LogP contribution in [0.25, 0.3) is 0 Å². The van der Waals surface area contributed by atoms with Crippen molar-refractivity contribution in [1.29, 1.82) is 0 Å². The molecule has 184 valence electrons. The smallest absolute Gasteiger partial charge is 0.394 e. The number of benzene rings is 1. The minimum atomic E-state index is -4.45. The van der Waals surface area contributed by atoms with Crippen molar-refractivity contribution in [1.82, 2.24) is 15.6 Å². The van der Waals surface area contributed by atoms with Crippen LogP contribution in [0.2, 0.25) is 0 Å². The van der Waals surface area contributed by atoms with Crippen molar-refractivity contribution in [3.05, 3.63) is 59.9 Å². The SMILES string of the molecule is O=C(Cc1ccccn1)NCC[C@@H]1CC[C@H](NC(=O)Nc2ccc(C(F)(F)F)cc2)[C@@H](CO)O1. The summed E-state index contributed by atoms with van der Waals surface area (Å²) in [5, 5.41) is 17.7. The molecule has 1 fully saturated rings. The molecule has 0 unspecified atom stereocenters. The van der Waals surface area contributed by atoms with Crippen LogP contribution in [-0.2, 0) is 22.1 Å². The van der Waals surface area contributed by atoms with Gasteiger partial charge in [0.15, 0.2) is 0 Å². The van der Waals surface area contributed by atoms with Gasteiger partial charge in [-0.3, -0.25) is 9.78 Å². The number of aromatic nitrogens is 1. The highest BCUT2D eigenvalue weighted by Crippen LogP contribution is 2.29. The number of urea groups is 1. The van der Waals surface area contributed by atoms with Gasteiger partial charge in [0.1, 0.15) is 6.10 Å². The molecule has 8 nitrogen and oxygen atoms in total. The zero-order chi connectivity index (χ0) is 24.6. The molecular formula is C23H27F3N4O4. The summed E-state index contributed by atoms with van der Waals surface area (Å²) < 4.78 is 43.8. The van der Waals surface area contributed by atoms with Crippen molar-refractivity contribution in [3.8, 4) is 0 Å². The molecule has 0 bridgehead atoms. The molecule has 0 saturated carbocycles. The third-order valence-electron chi connectivity index (χ3n) is 5.44. The first kappa shape index (κ1) is 25.4. The standard InChI is InChI=1S/C23H27F3N4O4/c24-23(25,26)15-4-6-16(7-5-15)29-22(33)30-19-9-8-18(34-20(19)14-31)10-12-28-21(32)13-17-3-1-2-11-27-17/h1-7,11,18-20,31H,8-10,12-14H2,(H,28,32)(H2,29,30,33)/t18-,19-,20+/m0/s1. The predicted molar refractivity (Wildman–Crippen MR) is 118 cm³/mol. The number of pyridine rings is 1. The molecular weight excluding hydrogens is 453 g/mol. The number of amides is 3. The van der Waals surface area contributed by atoms with E-state index in [1.807, 2.05) is 6.07 Å². The molecule has 1 aliphatic rings. The Labute approximate surface area is 194 Å². The van der Waals surface area contributed by atoms with E-state index in [4.69, 9.17) is 4.74 Å². The van der Waals surface area contributed by atoms with E-state index in [2.05, 4.69) is 20.9 Å². The summed E-state index contributed by atoms with van der Waals surface area (Å²) in [7, 11) is 0. The molecule has 2 aromatic rings. The molecule has 0 radical (unpaired) electrons. The number of carbonyl (C=O) groups excluding carboxylic acids is 2. The van der Waals surface area contributed by atoms with Gasteiger partial charge in [-0.15, -0.1) is 0 Å². The van der Waals surface area contributed by atoms with E-state index in [1.165, 1.54) is 12.1 Å². The van der Waals surface area contributed by atoms with E-state index in [0.717, 1.165) is 12.1 Å². The highest BCUT2D eigenvalue weighted by molar-refractivity contribution is 5.89. The minimum absolute atomic E-state index is 0.146. The largest absolute Gasteiger partial charge is 0.416 e. The van der Waals surface area contributed by atoms with Gasteiger partial charge in [0.05, 0.1) is 30.7 Å². The second kappa shape index (κ2) is 11.8. The molecule has 4 N–H and O–H groups in total. The highest BCUT2D eigenvalue weighted by atomic mass is 19.4. The van der Waals surface area contributed by atoms with Crippen molar-refractivity contribution >= 4 is 17.6 Å². The molecule has 34 heavy (non-hydrogen) atoms. The van der Waals surface area contributed by atoms with Crippen LogP contribution in [0.4, 0.5) is 23.7 Å². The molecule has 0 aliphatic carbocycles. The summed E-state index contributed by atoms with van der Waals surface area (Å²) in [4.78, 5) is 28.4. The van der Waals surface area contributed by atoms with Crippen molar-refractivity contribution in [2.24, 2.45) is 0 Å². The fraction of sp³-hybridized carbons (Fsp3) is 0.435. The Morgan fingerprint density at radius 1 is 1.12 bits per heavy atom. The van der Waals surface area contributed by atoms with Crippen LogP contribution in [0, 0.1) is 0 Å². The number of alkyl halides is 3. The summed E-state index contributed by atoms with van der Waals surface area (Å²) >= 11 is 0. The lowest BCUT2D eigenvalue weighted by molar-refractivity contribution is -0.137. The van der Waals surface area contributed by atoms with Crippen molar-refractivity contribution in [3.63, 3.8) is 0 Å². The van der Waals surface area contributed by atoms with Gasteiger partial charge in [-0.25, -0.2) is 4.79 Å². The minimum Gasteiger partial charge on any atom is -0.394 e. The molecule has 1 saturated heterocycles. The third-order valence-corrected chi connectivity index (χ3v) is 5.44. The van der Waals surface area contributed by atoms with Gasteiger partial charge in [0.2, 0.25) is 5.91 Å². The molecule has 2 heterocycles. The van der Waals surface area contributed by atoms with E-state index in [1.54, 1.807) is 18.3 Å². The fourth-order valence-corrected chi connectivity index (χ4v) is 3.69. The van der Waals surface area contributed by atoms with E-state index in [9.17, 15) is 27.9 Å². The van der Waals surface area contributed by atoms with Crippen LogP contribution in [0.3, 0.4) is 0 Å². The Morgan fingerprint density at radius 2 is 1.88 bits per heavy atom. The Kier molecular flexibility index (Phi) is 8.83. The normalized spacial score (nSPS) is 20.4. The lowest BCUT2D eigenvalue weighted by atomic mass is 9.97. The number of nitrogens with zero attached hydrogens (tertiary/aromatic N) is 1. The number of carbonyl (C=O) groups is 2. The topological polar surface area (TPSA) is 113 Å². The lowest BCUT2D eigenvalue weighted by Gasteiger charge is -2.36. The second-order valence-electron chi connectivity index (χ2n) is 7.97. The van der Waals surface area contributed by atoms with Gasteiger partial charge in [-0.1, -0.05) is 6.07 Å². The fourth-order valence-electron chi connectivity index (χ4n) is 3.69. The monoisotopic (exact) mass is 480 g/mol. The van der Waals surface area contributed by atoms with Gasteiger partial charge in [-0.05, 0) is 55.7 Å². The molecule has 3 rings (SSSR count). The van der Waals surface area contributed by atoms with E-state index in [0.29, 0.717) is 31.5 Å². The van der Waals surface area contributed by atoms with Crippen molar-refractivity contribution in [2.75, 3.05) is 18.5 Å². The first-order valence-corrected chi connectivity index (χ1v) is 10.9. The average molecular weight is 480 g/mol. The Balaban J connectivity index is 1.40.